The number of rotatable bonds is 4. The molecule has 1 aliphatic rings. The summed E-state index contributed by atoms with van der Waals surface area (Å²) in [7, 11) is 1.54. The average molecular weight is 211 g/mol. The minimum atomic E-state index is -0.398. The third-order valence-electron chi connectivity index (χ3n) is 2.32. The molecule has 0 fully saturated rings. The van der Waals surface area contributed by atoms with Crippen LogP contribution in [0.15, 0.2) is 24.5 Å². The number of hydrogen-bond acceptors (Lipinski definition) is 4. The van der Waals surface area contributed by atoms with Crippen molar-refractivity contribution in [2.75, 3.05) is 13.7 Å². The molecule has 0 bridgehead atoms. The van der Waals surface area contributed by atoms with Gasteiger partial charge in [-0.3, -0.25) is 0 Å². The van der Waals surface area contributed by atoms with E-state index in [1.165, 1.54) is 6.08 Å². The topological polar surface area (TPSA) is 38.8 Å². The molecule has 4 nitrogen and oxygen atoms in total. The summed E-state index contributed by atoms with van der Waals surface area (Å²) >= 11 is 0. The van der Waals surface area contributed by atoms with Crippen molar-refractivity contribution in [2.24, 2.45) is 5.92 Å². The fourth-order valence-electron chi connectivity index (χ4n) is 1.52. The summed E-state index contributed by atoms with van der Waals surface area (Å²) in [6, 6.07) is 0.00722. The molecule has 1 atom stereocenters. The highest BCUT2D eigenvalue weighted by molar-refractivity contribution is 5.83. The van der Waals surface area contributed by atoms with Gasteiger partial charge in [0.2, 0.25) is 0 Å². The van der Waals surface area contributed by atoms with Crippen LogP contribution < -0.4 is 0 Å². The summed E-state index contributed by atoms with van der Waals surface area (Å²) in [5.74, 6) is 0.538. The molecule has 1 heterocycles. The Morgan fingerprint density at radius 1 is 1.67 bits per heavy atom. The van der Waals surface area contributed by atoms with E-state index in [1.54, 1.807) is 18.2 Å². The van der Waals surface area contributed by atoms with Gasteiger partial charge in [-0.1, -0.05) is 19.9 Å². The first kappa shape index (κ1) is 11.8. The Hall–Kier alpha value is -1.29. The van der Waals surface area contributed by atoms with Crippen LogP contribution in [0.1, 0.15) is 13.8 Å². The predicted octanol–water partition coefficient (Wildman–Crippen LogP) is 1.50. The van der Waals surface area contributed by atoms with Crippen LogP contribution in [0, 0.1) is 5.92 Å². The molecule has 0 saturated heterocycles. The van der Waals surface area contributed by atoms with Gasteiger partial charge in [-0.25, -0.2) is 4.79 Å². The number of ether oxygens (including phenoxy) is 1. The SMILES string of the molecule is C=CC(C(C)C)N1CC(OC)=CC(=O)O1. The molecule has 1 unspecified atom stereocenters. The summed E-state index contributed by atoms with van der Waals surface area (Å²) < 4.78 is 5.05. The van der Waals surface area contributed by atoms with Crippen molar-refractivity contribution in [1.29, 1.82) is 0 Å². The monoisotopic (exact) mass is 211 g/mol. The molecule has 0 saturated carbocycles. The van der Waals surface area contributed by atoms with E-state index in [4.69, 9.17) is 9.57 Å². The first-order chi connectivity index (χ1) is 7.08. The minimum Gasteiger partial charge on any atom is -0.499 e. The molecule has 1 rings (SSSR count). The van der Waals surface area contributed by atoms with Gasteiger partial charge >= 0.3 is 5.97 Å². The maximum absolute atomic E-state index is 11.2. The van der Waals surface area contributed by atoms with Crippen LogP contribution in [0.25, 0.3) is 0 Å². The zero-order chi connectivity index (χ0) is 11.4. The lowest BCUT2D eigenvalue weighted by atomic mass is 10.0. The van der Waals surface area contributed by atoms with Crippen LogP contribution in [0.5, 0.6) is 0 Å². The molecule has 15 heavy (non-hydrogen) atoms. The maximum Gasteiger partial charge on any atom is 0.353 e. The van der Waals surface area contributed by atoms with Crippen molar-refractivity contribution in [3.8, 4) is 0 Å². The Labute approximate surface area is 90.1 Å². The van der Waals surface area contributed by atoms with Crippen LogP contribution in [0.3, 0.4) is 0 Å². The standard InChI is InChI=1S/C11H17NO3/c1-5-10(8(2)3)12-7-9(14-4)6-11(13)15-12/h5-6,8,10H,1,7H2,2-4H3. The summed E-state index contributed by atoms with van der Waals surface area (Å²) in [5, 5.41) is 1.60. The van der Waals surface area contributed by atoms with Crippen molar-refractivity contribution >= 4 is 5.97 Å². The second kappa shape index (κ2) is 4.98. The number of carbonyl (C=O) groups excluding carboxylic acids is 1. The zero-order valence-electron chi connectivity index (χ0n) is 9.40. The van der Waals surface area contributed by atoms with Gasteiger partial charge < -0.3 is 9.57 Å². The molecule has 84 valence electrons. The third-order valence-corrected chi connectivity index (χ3v) is 2.32. The molecule has 0 aromatic heterocycles. The molecule has 0 radical (unpaired) electrons. The quantitative estimate of drug-likeness (QED) is 0.661. The molecular formula is C11H17NO3. The number of hydroxylamine groups is 2. The number of carbonyl (C=O) groups is 1. The fourth-order valence-corrected chi connectivity index (χ4v) is 1.52. The van der Waals surface area contributed by atoms with Gasteiger partial charge in [-0.05, 0) is 5.92 Å². The predicted molar refractivity (Wildman–Crippen MR) is 56.7 cm³/mol. The second-order valence-corrected chi connectivity index (χ2v) is 3.77. The Balaban J connectivity index is 2.76. The zero-order valence-corrected chi connectivity index (χ0v) is 9.40. The van der Waals surface area contributed by atoms with E-state index in [1.807, 2.05) is 13.8 Å². The summed E-state index contributed by atoms with van der Waals surface area (Å²) in [6.45, 7) is 8.30. The summed E-state index contributed by atoms with van der Waals surface area (Å²) in [5.41, 5.74) is 0. The highest BCUT2D eigenvalue weighted by Crippen LogP contribution is 2.18. The number of hydrogen-bond donors (Lipinski definition) is 0. The Morgan fingerprint density at radius 2 is 2.33 bits per heavy atom. The van der Waals surface area contributed by atoms with Gasteiger partial charge in [0.15, 0.2) is 0 Å². The maximum atomic E-state index is 11.2. The highest BCUT2D eigenvalue weighted by atomic mass is 16.7. The van der Waals surface area contributed by atoms with Gasteiger partial charge in [0, 0.05) is 0 Å². The molecule has 0 aromatic carbocycles. The molecule has 0 aliphatic carbocycles. The van der Waals surface area contributed by atoms with Crippen molar-refractivity contribution in [1.82, 2.24) is 5.06 Å². The largest absolute Gasteiger partial charge is 0.499 e. The van der Waals surface area contributed by atoms with E-state index >= 15 is 0 Å². The van der Waals surface area contributed by atoms with Crippen LogP contribution in [0.4, 0.5) is 0 Å². The molecule has 1 aliphatic heterocycles. The molecule has 0 amide bonds. The first-order valence-electron chi connectivity index (χ1n) is 4.94. The summed E-state index contributed by atoms with van der Waals surface area (Å²) in [6.07, 6.45) is 3.13. The molecule has 0 spiro atoms. The molecule has 4 heteroatoms. The highest BCUT2D eigenvalue weighted by Gasteiger charge is 2.27. The van der Waals surface area contributed by atoms with Crippen LogP contribution >= 0.6 is 0 Å². The third kappa shape index (κ3) is 2.83. The normalized spacial score (nSPS) is 19.5. The second-order valence-electron chi connectivity index (χ2n) is 3.77. The number of methoxy groups -OCH3 is 1. The molecule has 0 N–H and O–H groups in total. The molecule has 0 aromatic rings. The van der Waals surface area contributed by atoms with Crippen molar-refractivity contribution in [3.63, 3.8) is 0 Å². The minimum absolute atomic E-state index is 0.00722. The lowest BCUT2D eigenvalue weighted by Crippen LogP contribution is -2.42. The van der Waals surface area contributed by atoms with E-state index in [0.29, 0.717) is 18.2 Å². The average Bonchev–Trinajstić information content (AvgIpc) is 2.17. The van der Waals surface area contributed by atoms with E-state index in [9.17, 15) is 4.79 Å². The first-order valence-corrected chi connectivity index (χ1v) is 4.94. The van der Waals surface area contributed by atoms with E-state index in [0.717, 1.165) is 0 Å². The Morgan fingerprint density at radius 3 is 2.80 bits per heavy atom. The van der Waals surface area contributed by atoms with E-state index in [-0.39, 0.29) is 6.04 Å². The van der Waals surface area contributed by atoms with Crippen LogP contribution in [0.2, 0.25) is 0 Å². The Kier molecular flexibility index (Phi) is 3.91. The summed E-state index contributed by atoms with van der Waals surface area (Å²) in [4.78, 5) is 16.3. The van der Waals surface area contributed by atoms with E-state index < -0.39 is 5.97 Å². The molecular weight excluding hydrogens is 194 g/mol. The van der Waals surface area contributed by atoms with E-state index in [2.05, 4.69) is 6.58 Å². The Bertz CT molecular complexity index is 284. The lowest BCUT2D eigenvalue weighted by Gasteiger charge is -2.32. The van der Waals surface area contributed by atoms with Crippen molar-refractivity contribution < 1.29 is 14.4 Å². The van der Waals surface area contributed by atoms with Crippen LogP contribution in [-0.4, -0.2) is 30.7 Å². The van der Waals surface area contributed by atoms with Crippen molar-refractivity contribution in [2.45, 2.75) is 19.9 Å². The van der Waals surface area contributed by atoms with Gasteiger partial charge in [0.05, 0.1) is 25.8 Å². The fraction of sp³-hybridized carbons (Fsp3) is 0.545. The van der Waals surface area contributed by atoms with Gasteiger partial charge in [0.25, 0.3) is 0 Å². The van der Waals surface area contributed by atoms with Crippen LogP contribution in [-0.2, 0) is 14.4 Å². The van der Waals surface area contributed by atoms with Gasteiger partial charge in [-0.2, -0.15) is 0 Å². The smallest absolute Gasteiger partial charge is 0.353 e. The lowest BCUT2D eigenvalue weighted by molar-refractivity contribution is -0.199. The van der Waals surface area contributed by atoms with Gasteiger partial charge in [-0.15, -0.1) is 11.6 Å². The van der Waals surface area contributed by atoms with Crippen molar-refractivity contribution in [3.05, 3.63) is 24.5 Å². The number of nitrogens with zero attached hydrogens (tertiary/aromatic N) is 1. The van der Waals surface area contributed by atoms with Gasteiger partial charge in [0.1, 0.15) is 5.76 Å².